The highest BCUT2D eigenvalue weighted by molar-refractivity contribution is 5.87. The molecule has 3 nitrogen and oxygen atoms in total. The Kier molecular flexibility index (Phi) is 7.44. The maximum absolute atomic E-state index is 10.8. The molecule has 1 N–H and O–H groups in total. The second-order valence-electron chi connectivity index (χ2n) is 6.88. The third-order valence-corrected chi connectivity index (χ3v) is 5.02. The van der Waals surface area contributed by atoms with Crippen molar-refractivity contribution in [3.63, 3.8) is 0 Å². The summed E-state index contributed by atoms with van der Waals surface area (Å²) in [5.74, 6) is 1.46. The Hall–Kier alpha value is -1.51. The van der Waals surface area contributed by atoms with E-state index in [1.165, 1.54) is 57.8 Å². The van der Waals surface area contributed by atoms with Crippen LogP contribution in [0.3, 0.4) is 0 Å². The lowest BCUT2D eigenvalue weighted by atomic mass is 9.80. The number of hydrogen-bond acceptors (Lipinski definition) is 2. The molecule has 1 aromatic rings. The van der Waals surface area contributed by atoms with Gasteiger partial charge in [-0.2, -0.15) is 0 Å². The molecule has 1 fully saturated rings. The topological polar surface area (TPSA) is 46.5 Å². The van der Waals surface area contributed by atoms with E-state index in [1.54, 1.807) is 24.3 Å². The van der Waals surface area contributed by atoms with Crippen molar-refractivity contribution in [2.75, 3.05) is 6.61 Å². The zero-order valence-electron chi connectivity index (χ0n) is 14.3. The number of ether oxygens (including phenoxy) is 1. The number of carbonyl (C=O) groups is 1. The van der Waals surface area contributed by atoms with Gasteiger partial charge in [-0.05, 0) is 48.9 Å². The Bertz CT molecular complexity index is 458. The fourth-order valence-electron chi connectivity index (χ4n) is 3.45. The number of carboxylic acid groups (broad SMARTS) is 1. The first kappa shape index (κ1) is 17.8. The van der Waals surface area contributed by atoms with E-state index >= 15 is 0 Å². The van der Waals surface area contributed by atoms with Gasteiger partial charge in [0.15, 0.2) is 0 Å². The molecule has 3 heteroatoms. The third kappa shape index (κ3) is 6.25. The van der Waals surface area contributed by atoms with Crippen molar-refractivity contribution in [1.82, 2.24) is 0 Å². The molecule has 0 amide bonds. The van der Waals surface area contributed by atoms with Gasteiger partial charge in [-0.25, -0.2) is 4.79 Å². The first-order valence-corrected chi connectivity index (χ1v) is 9.15. The molecule has 0 saturated heterocycles. The Balaban J connectivity index is 1.63. The van der Waals surface area contributed by atoms with E-state index in [2.05, 4.69) is 6.92 Å². The van der Waals surface area contributed by atoms with Crippen molar-refractivity contribution in [2.24, 2.45) is 11.8 Å². The molecule has 1 aliphatic carbocycles. The molecule has 128 valence electrons. The third-order valence-electron chi connectivity index (χ3n) is 5.02. The molecule has 0 aromatic heterocycles. The van der Waals surface area contributed by atoms with E-state index in [1.807, 2.05) is 0 Å². The molecule has 0 bridgehead atoms. The highest BCUT2D eigenvalue weighted by atomic mass is 16.5. The summed E-state index contributed by atoms with van der Waals surface area (Å²) in [5.41, 5.74) is 0.306. The van der Waals surface area contributed by atoms with Gasteiger partial charge in [-0.3, -0.25) is 0 Å². The van der Waals surface area contributed by atoms with Gasteiger partial charge in [0.05, 0.1) is 12.2 Å². The van der Waals surface area contributed by atoms with Crippen LogP contribution in [0.2, 0.25) is 0 Å². The molecule has 0 unspecified atom stereocenters. The van der Waals surface area contributed by atoms with Crippen LogP contribution in [0.25, 0.3) is 0 Å². The van der Waals surface area contributed by atoms with Crippen LogP contribution in [0.1, 0.15) is 75.1 Å². The van der Waals surface area contributed by atoms with Gasteiger partial charge in [-0.1, -0.05) is 51.9 Å². The summed E-state index contributed by atoms with van der Waals surface area (Å²) in [5, 5.41) is 8.88. The number of unbranched alkanes of at least 4 members (excludes halogenated alkanes) is 3. The number of rotatable bonds is 9. The monoisotopic (exact) mass is 318 g/mol. The summed E-state index contributed by atoms with van der Waals surface area (Å²) in [6.07, 6.45) is 12.1. The molecule has 1 aromatic carbocycles. The zero-order chi connectivity index (χ0) is 16.5. The number of benzene rings is 1. The summed E-state index contributed by atoms with van der Waals surface area (Å²) >= 11 is 0. The lowest BCUT2D eigenvalue weighted by Gasteiger charge is -2.28. The van der Waals surface area contributed by atoms with E-state index in [-0.39, 0.29) is 0 Å². The van der Waals surface area contributed by atoms with Crippen molar-refractivity contribution in [2.45, 2.75) is 64.7 Å². The molecule has 0 aliphatic heterocycles. The first-order chi connectivity index (χ1) is 11.2. The molecule has 2 rings (SSSR count). The van der Waals surface area contributed by atoms with Crippen LogP contribution in [0.4, 0.5) is 0 Å². The minimum atomic E-state index is -0.895. The molecule has 0 spiro atoms. The van der Waals surface area contributed by atoms with Crippen molar-refractivity contribution in [1.29, 1.82) is 0 Å². The van der Waals surface area contributed by atoms with Crippen molar-refractivity contribution < 1.29 is 14.6 Å². The van der Waals surface area contributed by atoms with E-state index < -0.39 is 5.97 Å². The molecule has 0 atom stereocenters. The van der Waals surface area contributed by atoms with Crippen molar-refractivity contribution in [3.05, 3.63) is 29.8 Å². The smallest absolute Gasteiger partial charge is 0.335 e. The summed E-state index contributed by atoms with van der Waals surface area (Å²) < 4.78 is 5.84. The normalized spacial score (nSPS) is 21.1. The molecule has 0 radical (unpaired) electrons. The number of carboxylic acids is 1. The molecule has 1 aliphatic rings. The minimum Gasteiger partial charge on any atom is -0.493 e. The fraction of sp³-hybridized carbons (Fsp3) is 0.650. The second-order valence-corrected chi connectivity index (χ2v) is 6.88. The molecule has 23 heavy (non-hydrogen) atoms. The van der Waals surface area contributed by atoms with Crippen LogP contribution in [-0.4, -0.2) is 17.7 Å². The molecular formula is C20H30O3. The lowest BCUT2D eigenvalue weighted by Crippen LogP contribution is -2.20. The average Bonchev–Trinajstić information content (AvgIpc) is 2.58. The predicted molar refractivity (Wildman–Crippen MR) is 93.1 cm³/mol. The minimum absolute atomic E-state index is 0.306. The van der Waals surface area contributed by atoms with Gasteiger partial charge in [-0.15, -0.1) is 0 Å². The van der Waals surface area contributed by atoms with Crippen LogP contribution in [0.5, 0.6) is 5.75 Å². The second kappa shape index (κ2) is 9.59. The van der Waals surface area contributed by atoms with E-state index in [0.29, 0.717) is 11.5 Å². The van der Waals surface area contributed by atoms with Crippen LogP contribution < -0.4 is 4.74 Å². The highest BCUT2D eigenvalue weighted by Gasteiger charge is 2.21. The Morgan fingerprint density at radius 1 is 1.04 bits per heavy atom. The largest absolute Gasteiger partial charge is 0.493 e. The Morgan fingerprint density at radius 3 is 2.30 bits per heavy atom. The number of aromatic carboxylic acids is 1. The zero-order valence-corrected chi connectivity index (χ0v) is 14.3. The van der Waals surface area contributed by atoms with Crippen LogP contribution in [0, 0.1) is 11.8 Å². The first-order valence-electron chi connectivity index (χ1n) is 9.15. The quantitative estimate of drug-likeness (QED) is 0.608. The summed E-state index contributed by atoms with van der Waals surface area (Å²) in [7, 11) is 0. The fourth-order valence-corrected chi connectivity index (χ4v) is 3.45. The maximum atomic E-state index is 10.8. The van der Waals surface area contributed by atoms with Crippen molar-refractivity contribution in [3.8, 4) is 5.75 Å². The average molecular weight is 318 g/mol. The van der Waals surface area contributed by atoms with Gasteiger partial charge in [0.2, 0.25) is 0 Å². The van der Waals surface area contributed by atoms with Gasteiger partial charge in [0, 0.05) is 0 Å². The van der Waals surface area contributed by atoms with Crippen LogP contribution >= 0.6 is 0 Å². The van der Waals surface area contributed by atoms with Gasteiger partial charge in [0.25, 0.3) is 0 Å². The van der Waals surface area contributed by atoms with E-state index in [4.69, 9.17) is 9.84 Å². The SMILES string of the molecule is CCCCCCC1CCC(COc2ccc(C(=O)O)cc2)CC1. The predicted octanol–water partition coefficient (Wildman–Crippen LogP) is 5.54. The van der Waals surface area contributed by atoms with Gasteiger partial charge in [0.1, 0.15) is 5.75 Å². The standard InChI is InChI=1S/C20H30O3/c1-2-3-4-5-6-16-7-9-17(10-8-16)15-23-19-13-11-18(12-14-19)20(21)22/h11-14,16-17H,2-10,15H2,1H3,(H,21,22). The summed E-state index contributed by atoms with van der Waals surface area (Å²) in [4.78, 5) is 10.8. The molecule has 1 saturated carbocycles. The van der Waals surface area contributed by atoms with Crippen LogP contribution in [-0.2, 0) is 0 Å². The highest BCUT2D eigenvalue weighted by Crippen LogP contribution is 2.32. The van der Waals surface area contributed by atoms with Gasteiger partial charge >= 0.3 is 5.97 Å². The maximum Gasteiger partial charge on any atom is 0.335 e. The molecule has 0 heterocycles. The summed E-state index contributed by atoms with van der Waals surface area (Å²) in [6, 6.07) is 6.71. The number of hydrogen-bond donors (Lipinski definition) is 1. The van der Waals surface area contributed by atoms with E-state index in [9.17, 15) is 4.79 Å². The summed E-state index contributed by atoms with van der Waals surface area (Å²) in [6.45, 7) is 3.02. The van der Waals surface area contributed by atoms with Crippen molar-refractivity contribution >= 4 is 5.97 Å². The van der Waals surface area contributed by atoms with Crippen LogP contribution in [0.15, 0.2) is 24.3 Å². The van der Waals surface area contributed by atoms with E-state index in [0.717, 1.165) is 18.3 Å². The Labute approximate surface area is 140 Å². The molecular weight excluding hydrogens is 288 g/mol. The Morgan fingerprint density at radius 2 is 1.70 bits per heavy atom. The van der Waals surface area contributed by atoms with Gasteiger partial charge < -0.3 is 9.84 Å². The lowest BCUT2D eigenvalue weighted by molar-refractivity contribution is 0.0697.